The summed E-state index contributed by atoms with van der Waals surface area (Å²) in [5.41, 5.74) is 7.01. The summed E-state index contributed by atoms with van der Waals surface area (Å²) in [6.07, 6.45) is 5.23. The van der Waals surface area contributed by atoms with Crippen LogP contribution in [0.2, 0.25) is 0 Å². The molecule has 2 rings (SSSR count). The van der Waals surface area contributed by atoms with Crippen LogP contribution >= 0.6 is 12.2 Å². The van der Waals surface area contributed by atoms with Crippen molar-refractivity contribution in [1.29, 1.82) is 0 Å². The highest BCUT2D eigenvalue weighted by molar-refractivity contribution is 7.80. The molecule has 1 fully saturated rings. The second-order valence-corrected chi connectivity index (χ2v) is 6.92. The van der Waals surface area contributed by atoms with E-state index < -0.39 is 0 Å². The summed E-state index contributed by atoms with van der Waals surface area (Å²) in [5, 5.41) is 3.07. The molecule has 1 saturated carbocycles. The molecule has 0 spiro atoms. The first-order valence-corrected chi connectivity index (χ1v) is 8.05. The molecule has 1 aliphatic carbocycles. The molecule has 0 bridgehead atoms. The van der Waals surface area contributed by atoms with Crippen molar-refractivity contribution in [3.8, 4) is 0 Å². The van der Waals surface area contributed by atoms with E-state index in [0.29, 0.717) is 10.9 Å². The third kappa shape index (κ3) is 3.82. The fourth-order valence-corrected chi connectivity index (χ4v) is 3.50. The first-order valence-electron chi connectivity index (χ1n) is 7.64. The monoisotopic (exact) mass is 304 g/mol. The van der Waals surface area contributed by atoms with E-state index in [0.717, 1.165) is 43.4 Å². The maximum absolute atomic E-state index is 12.8. The van der Waals surface area contributed by atoms with Gasteiger partial charge in [-0.05, 0) is 37.3 Å². The Morgan fingerprint density at radius 3 is 2.62 bits per heavy atom. The molecule has 1 aromatic carbocycles. The van der Waals surface area contributed by atoms with Gasteiger partial charge in [0.05, 0.1) is 0 Å². The van der Waals surface area contributed by atoms with E-state index in [9.17, 15) is 4.79 Å². The number of rotatable bonds is 5. The molecular formula is C17H24N2OS. The van der Waals surface area contributed by atoms with Crippen LogP contribution in [0.1, 0.15) is 51.5 Å². The zero-order valence-corrected chi connectivity index (χ0v) is 13.6. The number of anilines is 1. The average molecular weight is 304 g/mol. The standard InChI is InChI=1S/C17H24N2OS/c1-12(2)11-17(8-3-4-9-17)16(20)19-14-7-5-6-13(10-14)15(18)21/h5-7,10,12H,3-4,8-9,11H2,1-2H3,(H2,18,21)(H,19,20). The van der Waals surface area contributed by atoms with Crippen LogP contribution in [0.4, 0.5) is 5.69 Å². The summed E-state index contributed by atoms with van der Waals surface area (Å²) < 4.78 is 0. The molecule has 1 amide bonds. The largest absolute Gasteiger partial charge is 0.389 e. The third-order valence-electron chi connectivity index (χ3n) is 4.25. The Morgan fingerprint density at radius 1 is 1.38 bits per heavy atom. The molecule has 0 heterocycles. The van der Waals surface area contributed by atoms with E-state index in [-0.39, 0.29) is 11.3 Å². The van der Waals surface area contributed by atoms with E-state index in [1.54, 1.807) is 0 Å². The van der Waals surface area contributed by atoms with Crippen molar-refractivity contribution in [3.63, 3.8) is 0 Å². The predicted octanol–water partition coefficient (Wildman–Crippen LogP) is 3.87. The van der Waals surface area contributed by atoms with Crippen LogP contribution in [0, 0.1) is 11.3 Å². The van der Waals surface area contributed by atoms with Gasteiger partial charge >= 0.3 is 0 Å². The topological polar surface area (TPSA) is 55.1 Å². The molecule has 0 atom stereocenters. The molecule has 1 aliphatic rings. The molecule has 0 unspecified atom stereocenters. The van der Waals surface area contributed by atoms with Crippen molar-refractivity contribution >= 4 is 28.8 Å². The Balaban J connectivity index is 2.15. The van der Waals surface area contributed by atoms with Gasteiger partial charge in [-0.1, -0.05) is 51.0 Å². The van der Waals surface area contributed by atoms with Crippen LogP contribution in [-0.2, 0) is 4.79 Å². The molecule has 3 nitrogen and oxygen atoms in total. The smallest absolute Gasteiger partial charge is 0.230 e. The second-order valence-electron chi connectivity index (χ2n) is 6.48. The number of carbonyl (C=O) groups is 1. The van der Waals surface area contributed by atoms with Gasteiger partial charge in [-0.2, -0.15) is 0 Å². The molecule has 0 aliphatic heterocycles. The number of carbonyl (C=O) groups excluding carboxylic acids is 1. The summed E-state index contributed by atoms with van der Waals surface area (Å²) in [4.78, 5) is 13.1. The molecular weight excluding hydrogens is 280 g/mol. The number of nitrogens with one attached hydrogen (secondary N) is 1. The van der Waals surface area contributed by atoms with Crippen LogP contribution < -0.4 is 11.1 Å². The van der Waals surface area contributed by atoms with Crippen molar-refractivity contribution < 1.29 is 4.79 Å². The van der Waals surface area contributed by atoms with Gasteiger partial charge in [0.15, 0.2) is 0 Å². The van der Waals surface area contributed by atoms with Gasteiger partial charge in [0.1, 0.15) is 4.99 Å². The van der Waals surface area contributed by atoms with Gasteiger partial charge < -0.3 is 11.1 Å². The van der Waals surface area contributed by atoms with Crippen LogP contribution in [0.25, 0.3) is 0 Å². The lowest BCUT2D eigenvalue weighted by Crippen LogP contribution is -2.35. The lowest BCUT2D eigenvalue weighted by molar-refractivity contribution is -0.126. The minimum absolute atomic E-state index is 0.147. The zero-order valence-electron chi connectivity index (χ0n) is 12.8. The highest BCUT2D eigenvalue weighted by Gasteiger charge is 2.41. The van der Waals surface area contributed by atoms with Gasteiger partial charge in [-0.25, -0.2) is 0 Å². The van der Waals surface area contributed by atoms with Crippen molar-refractivity contribution in [2.75, 3.05) is 5.32 Å². The number of hydrogen-bond donors (Lipinski definition) is 2. The Kier molecular flexibility index (Phi) is 4.99. The van der Waals surface area contributed by atoms with E-state index in [4.69, 9.17) is 18.0 Å². The first-order chi connectivity index (χ1) is 9.93. The van der Waals surface area contributed by atoms with Gasteiger partial charge in [-0.15, -0.1) is 0 Å². The van der Waals surface area contributed by atoms with Gasteiger partial charge in [0, 0.05) is 16.7 Å². The summed E-state index contributed by atoms with van der Waals surface area (Å²) >= 11 is 4.99. The molecule has 3 N–H and O–H groups in total. The van der Waals surface area contributed by atoms with Crippen LogP contribution in [0.3, 0.4) is 0 Å². The van der Waals surface area contributed by atoms with E-state index in [2.05, 4.69) is 19.2 Å². The van der Waals surface area contributed by atoms with Crippen LogP contribution in [0.5, 0.6) is 0 Å². The Bertz CT molecular complexity index is 533. The van der Waals surface area contributed by atoms with Crippen molar-refractivity contribution in [2.45, 2.75) is 46.0 Å². The lowest BCUT2D eigenvalue weighted by Gasteiger charge is -2.29. The number of hydrogen-bond acceptors (Lipinski definition) is 2. The van der Waals surface area contributed by atoms with E-state index in [1.165, 1.54) is 0 Å². The Hall–Kier alpha value is -1.42. The fourth-order valence-electron chi connectivity index (χ4n) is 3.37. The summed E-state index contributed by atoms with van der Waals surface area (Å²) in [7, 11) is 0. The molecule has 0 saturated heterocycles. The van der Waals surface area contributed by atoms with Gasteiger partial charge in [-0.3, -0.25) is 4.79 Å². The zero-order chi connectivity index (χ0) is 15.5. The average Bonchev–Trinajstić information content (AvgIpc) is 2.88. The van der Waals surface area contributed by atoms with Crippen LogP contribution in [-0.4, -0.2) is 10.9 Å². The predicted molar refractivity (Wildman–Crippen MR) is 91.3 cm³/mol. The highest BCUT2D eigenvalue weighted by atomic mass is 32.1. The number of thiocarbonyl (C=S) groups is 1. The second kappa shape index (κ2) is 6.56. The summed E-state index contributed by atoms with van der Waals surface area (Å²) in [5.74, 6) is 0.672. The highest BCUT2D eigenvalue weighted by Crippen LogP contribution is 2.44. The molecule has 0 radical (unpaired) electrons. The molecule has 4 heteroatoms. The van der Waals surface area contributed by atoms with Crippen molar-refractivity contribution in [2.24, 2.45) is 17.1 Å². The SMILES string of the molecule is CC(C)CC1(C(=O)Nc2cccc(C(N)=S)c2)CCCC1. The maximum Gasteiger partial charge on any atom is 0.230 e. The minimum atomic E-state index is -0.201. The molecule has 0 aromatic heterocycles. The Morgan fingerprint density at radius 2 is 2.05 bits per heavy atom. The van der Waals surface area contributed by atoms with Gasteiger partial charge in [0.25, 0.3) is 0 Å². The molecule has 114 valence electrons. The third-order valence-corrected chi connectivity index (χ3v) is 4.48. The van der Waals surface area contributed by atoms with E-state index >= 15 is 0 Å². The molecule has 21 heavy (non-hydrogen) atoms. The number of nitrogens with two attached hydrogens (primary N) is 1. The summed E-state index contributed by atoms with van der Waals surface area (Å²) in [6.45, 7) is 4.36. The van der Waals surface area contributed by atoms with Crippen LogP contribution in [0.15, 0.2) is 24.3 Å². The van der Waals surface area contributed by atoms with Crippen molar-refractivity contribution in [1.82, 2.24) is 0 Å². The van der Waals surface area contributed by atoms with Gasteiger partial charge in [0.2, 0.25) is 5.91 Å². The normalized spacial score (nSPS) is 16.9. The molecule has 1 aromatic rings. The number of amides is 1. The maximum atomic E-state index is 12.8. The fraction of sp³-hybridized carbons (Fsp3) is 0.529. The minimum Gasteiger partial charge on any atom is -0.389 e. The number of benzene rings is 1. The summed E-state index contributed by atoms with van der Waals surface area (Å²) in [6, 6.07) is 7.46. The Labute approximate surface area is 132 Å². The first kappa shape index (κ1) is 16.0. The van der Waals surface area contributed by atoms with E-state index in [1.807, 2.05) is 24.3 Å². The van der Waals surface area contributed by atoms with Crippen molar-refractivity contribution in [3.05, 3.63) is 29.8 Å². The quantitative estimate of drug-likeness (QED) is 0.812. The lowest BCUT2D eigenvalue weighted by atomic mass is 9.77.